The molecular formula is C26H19F4N3O2. The summed E-state index contributed by atoms with van der Waals surface area (Å²) in [7, 11) is 0. The van der Waals surface area contributed by atoms with Gasteiger partial charge < -0.3 is 5.73 Å². The van der Waals surface area contributed by atoms with Gasteiger partial charge in [-0.2, -0.15) is 13.2 Å². The number of amidine groups is 1. The Balaban J connectivity index is 1.97. The molecule has 178 valence electrons. The monoisotopic (exact) mass is 481 g/mol. The van der Waals surface area contributed by atoms with E-state index in [9.17, 15) is 27.2 Å². The smallest absolute Gasteiger partial charge is 0.387 e. The molecule has 0 bridgehead atoms. The van der Waals surface area contributed by atoms with Crippen LogP contribution in [0.5, 0.6) is 0 Å². The van der Waals surface area contributed by atoms with Crippen LogP contribution in [0.15, 0.2) is 54.6 Å². The third-order valence-electron chi connectivity index (χ3n) is 4.83. The van der Waals surface area contributed by atoms with E-state index in [0.29, 0.717) is 11.4 Å². The van der Waals surface area contributed by atoms with E-state index < -0.39 is 41.1 Å². The molecule has 0 aliphatic heterocycles. The first-order chi connectivity index (χ1) is 16.4. The number of hydrogen-bond donors (Lipinski definition) is 2. The van der Waals surface area contributed by atoms with Gasteiger partial charge in [-0.1, -0.05) is 17.9 Å². The molecule has 9 heteroatoms. The van der Waals surface area contributed by atoms with E-state index in [-0.39, 0.29) is 28.9 Å². The molecule has 0 atom stereocenters. The Bertz CT molecular complexity index is 1390. The molecule has 0 aliphatic rings. The largest absolute Gasteiger partial charge is 0.417 e. The molecule has 0 saturated heterocycles. The molecule has 3 rings (SSSR count). The second kappa shape index (κ2) is 10.3. The van der Waals surface area contributed by atoms with Crippen molar-refractivity contribution in [1.29, 1.82) is 5.41 Å². The summed E-state index contributed by atoms with van der Waals surface area (Å²) in [6.07, 6.45) is -5.48. The van der Waals surface area contributed by atoms with Crippen LogP contribution in [0.4, 0.5) is 17.6 Å². The van der Waals surface area contributed by atoms with E-state index in [2.05, 4.69) is 16.8 Å². The van der Waals surface area contributed by atoms with Gasteiger partial charge in [-0.3, -0.25) is 20.0 Å². The Morgan fingerprint density at radius 3 is 2.37 bits per heavy atom. The van der Waals surface area contributed by atoms with Crippen LogP contribution in [0.1, 0.15) is 55.2 Å². The quantitative estimate of drug-likeness (QED) is 0.172. The Hall–Kier alpha value is -4.32. The van der Waals surface area contributed by atoms with Crippen LogP contribution in [0, 0.1) is 30.0 Å². The summed E-state index contributed by atoms with van der Waals surface area (Å²) in [6, 6.07) is 11.2. The molecule has 1 aromatic heterocycles. The number of nitrogens with two attached hydrogens (primary N) is 1. The lowest BCUT2D eigenvalue weighted by atomic mass is 9.97. The number of alkyl halides is 3. The van der Waals surface area contributed by atoms with Crippen LogP contribution in [0.25, 0.3) is 0 Å². The molecule has 0 radical (unpaired) electrons. The van der Waals surface area contributed by atoms with E-state index in [0.717, 1.165) is 30.3 Å². The number of aromatic nitrogens is 1. The molecule has 3 aromatic rings. The predicted octanol–water partition coefficient (Wildman–Crippen LogP) is 4.88. The van der Waals surface area contributed by atoms with Gasteiger partial charge in [0, 0.05) is 33.6 Å². The van der Waals surface area contributed by atoms with Crippen LogP contribution in [0.3, 0.4) is 0 Å². The summed E-state index contributed by atoms with van der Waals surface area (Å²) in [4.78, 5) is 29.0. The fraction of sp³-hybridized carbons (Fsp3) is 0.154. The zero-order chi connectivity index (χ0) is 25.8. The van der Waals surface area contributed by atoms with Gasteiger partial charge in [0.25, 0.3) is 0 Å². The van der Waals surface area contributed by atoms with Crippen molar-refractivity contribution in [1.82, 2.24) is 4.98 Å². The van der Waals surface area contributed by atoms with Crippen molar-refractivity contribution >= 4 is 17.4 Å². The highest BCUT2D eigenvalue weighted by Crippen LogP contribution is 2.33. The number of aryl methyl sites for hydroxylation is 1. The van der Waals surface area contributed by atoms with E-state index in [1.165, 1.54) is 6.07 Å². The molecule has 2 aromatic carbocycles. The van der Waals surface area contributed by atoms with Gasteiger partial charge in [-0.05, 0) is 55.5 Å². The Morgan fingerprint density at radius 1 is 1.00 bits per heavy atom. The summed E-state index contributed by atoms with van der Waals surface area (Å²) < 4.78 is 54.6. The number of hydrogen-bond acceptors (Lipinski definition) is 4. The third-order valence-corrected chi connectivity index (χ3v) is 4.83. The SMILES string of the molecule is Cc1cccc(CC(=O)c2cc(C#Cc3cc(F)cc(C(=O)CC(=N)N)c3)ccc2C(F)(F)F)n1. The van der Waals surface area contributed by atoms with Crippen molar-refractivity contribution in [2.75, 3.05) is 0 Å². The van der Waals surface area contributed by atoms with Crippen LogP contribution in [-0.4, -0.2) is 22.4 Å². The van der Waals surface area contributed by atoms with Crippen LogP contribution >= 0.6 is 0 Å². The number of Topliss-reactive ketones (excluding diaryl/α,β-unsaturated/α-hetero) is 2. The van der Waals surface area contributed by atoms with Gasteiger partial charge in [0.1, 0.15) is 5.82 Å². The van der Waals surface area contributed by atoms with E-state index in [1.807, 2.05) is 0 Å². The lowest BCUT2D eigenvalue weighted by molar-refractivity contribution is -0.137. The molecule has 0 unspecified atom stereocenters. The Kier molecular flexibility index (Phi) is 7.45. The molecule has 0 amide bonds. The fourth-order valence-corrected chi connectivity index (χ4v) is 3.30. The summed E-state index contributed by atoms with van der Waals surface area (Å²) in [6.45, 7) is 1.71. The molecule has 0 aliphatic carbocycles. The van der Waals surface area contributed by atoms with Gasteiger partial charge in [0.05, 0.1) is 24.2 Å². The maximum absolute atomic E-state index is 14.0. The fourth-order valence-electron chi connectivity index (χ4n) is 3.30. The average molecular weight is 481 g/mol. The number of halogens is 4. The zero-order valence-corrected chi connectivity index (χ0v) is 18.5. The van der Waals surface area contributed by atoms with Crippen molar-refractivity contribution in [3.63, 3.8) is 0 Å². The average Bonchev–Trinajstić information content (AvgIpc) is 2.76. The summed E-state index contributed by atoms with van der Waals surface area (Å²) in [5.74, 6) is 2.73. The normalized spacial score (nSPS) is 10.9. The maximum atomic E-state index is 14.0. The summed E-state index contributed by atoms with van der Waals surface area (Å²) in [5, 5.41) is 7.20. The second-order valence-electron chi connectivity index (χ2n) is 7.73. The minimum atomic E-state index is -4.76. The number of benzene rings is 2. The minimum Gasteiger partial charge on any atom is -0.387 e. The van der Waals surface area contributed by atoms with Crippen molar-refractivity contribution in [3.05, 3.63) is 99.6 Å². The van der Waals surface area contributed by atoms with Crippen LogP contribution in [0.2, 0.25) is 0 Å². The first kappa shape index (κ1) is 25.3. The minimum absolute atomic E-state index is 0.0431. The lowest BCUT2D eigenvalue weighted by Gasteiger charge is -2.12. The van der Waals surface area contributed by atoms with Gasteiger partial charge in [-0.25, -0.2) is 4.39 Å². The highest BCUT2D eigenvalue weighted by atomic mass is 19.4. The zero-order valence-electron chi connectivity index (χ0n) is 18.5. The third kappa shape index (κ3) is 6.84. The Labute approximate surface area is 198 Å². The second-order valence-corrected chi connectivity index (χ2v) is 7.73. The molecule has 35 heavy (non-hydrogen) atoms. The topological polar surface area (TPSA) is 96.9 Å². The summed E-state index contributed by atoms with van der Waals surface area (Å²) in [5.41, 5.74) is 4.67. The Morgan fingerprint density at radius 2 is 1.71 bits per heavy atom. The summed E-state index contributed by atoms with van der Waals surface area (Å²) >= 11 is 0. The van der Waals surface area contributed by atoms with Crippen LogP contribution in [-0.2, 0) is 12.6 Å². The molecule has 3 N–H and O–H groups in total. The predicted molar refractivity (Wildman–Crippen MR) is 122 cm³/mol. The van der Waals surface area contributed by atoms with Gasteiger partial charge in [0.2, 0.25) is 0 Å². The number of nitrogens with zero attached hydrogens (tertiary/aromatic N) is 1. The number of carbonyl (C=O) groups excluding carboxylic acids is 2. The molecular weight excluding hydrogens is 462 g/mol. The number of nitrogens with one attached hydrogen (secondary N) is 1. The number of ketones is 2. The molecule has 0 saturated carbocycles. The van der Waals surface area contributed by atoms with E-state index in [1.54, 1.807) is 25.1 Å². The van der Waals surface area contributed by atoms with Crippen LogP contribution < -0.4 is 5.73 Å². The highest BCUT2D eigenvalue weighted by Gasteiger charge is 2.35. The molecule has 5 nitrogen and oxygen atoms in total. The van der Waals surface area contributed by atoms with Crippen molar-refractivity contribution in [2.24, 2.45) is 5.73 Å². The van der Waals surface area contributed by atoms with E-state index in [4.69, 9.17) is 11.1 Å². The molecule has 1 heterocycles. The van der Waals surface area contributed by atoms with Gasteiger partial charge in [0.15, 0.2) is 11.6 Å². The van der Waals surface area contributed by atoms with Gasteiger partial charge >= 0.3 is 6.18 Å². The standard InChI is InChI=1S/C26H19F4N3O2/c1-15-3-2-4-20(33-15)13-24(35)21-11-16(7-8-22(21)26(28,29)30)5-6-17-9-18(12-19(27)10-17)23(34)14-25(31)32/h2-4,7-12H,13-14H2,1H3,(H3,31,32). The van der Waals surface area contributed by atoms with E-state index >= 15 is 0 Å². The van der Waals surface area contributed by atoms with Crippen molar-refractivity contribution in [2.45, 2.75) is 25.9 Å². The number of carbonyl (C=O) groups is 2. The highest BCUT2D eigenvalue weighted by molar-refractivity contribution is 6.07. The molecule has 0 fully saturated rings. The van der Waals surface area contributed by atoms with Crippen molar-refractivity contribution < 1.29 is 27.2 Å². The molecule has 0 spiro atoms. The number of rotatable bonds is 6. The first-order valence-corrected chi connectivity index (χ1v) is 10.3. The maximum Gasteiger partial charge on any atom is 0.417 e. The first-order valence-electron chi connectivity index (χ1n) is 10.3. The number of pyridine rings is 1. The van der Waals surface area contributed by atoms with Crippen molar-refractivity contribution in [3.8, 4) is 11.8 Å². The van der Waals surface area contributed by atoms with Gasteiger partial charge in [-0.15, -0.1) is 0 Å². The lowest BCUT2D eigenvalue weighted by Crippen LogP contribution is -2.15.